The van der Waals surface area contributed by atoms with Gasteiger partial charge in [-0.15, -0.1) is 0 Å². The van der Waals surface area contributed by atoms with Gasteiger partial charge < -0.3 is 14.7 Å². The van der Waals surface area contributed by atoms with E-state index < -0.39 is 0 Å². The smallest absolute Gasteiger partial charge is 0.226 e. The van der Waals surface area contributed by atoms with Crippen molar-refractivity contribution >= 4 is 29.1 Å². The Balaban J connectivity index is 1.83. The molecule has 6 heteroatoms. The summed E-state index contributed by atoms with van der Waals surface area (Å²) in [5, 5.41) is 10.3. The van der Waals surface area contributed by atoms with Crippen LogP contribution in [-0.2, 0) is 4.79 Å². The van der Waals surface area contributed by atoms with E-state index in [1.165, 1.54) is 0 Å². The molecule has 1 aliphatic rings. The van der Waals surface area contributed by atoms with E-state index in [9.17, 15) is 9.90 Å². The van der Waals surface area contributed by atoms with E-state index in [2.05, 4.69) is 6.92 Å². The first-order valence-electron chi connectivity index (χ1n) is 7.01. The van der Waals surface area contributed by atoms with Crippen molar-refractivity contribution in [1.29, 1.82) is 0 Å². The molecule has 1 fully saturated rings. The first kappa shape index (κ1) is 16.4. The molecule has 0 aromatic heterocycles. The molecule has 4 nitrogen and oxygen atoms in total. The van der Waals surface area contributed by atoms with Gasteiger partial charge in [-0.25, -0.2) is 0 Å². The van der Waals surface area contributed by atoms with Crippen molar-refractivity contribution in [3.63, 3.8) is 0 Å². The van der Waals surface area contributed by atoms with Gasteiger partial charge in [-0.1, -0.05) is 30.1 Å². The first-order valence-corrected chi connectivity index (χ1v) is 7.76. The van der Waals surface area contributed by atoms with Crippen LogP contribution in [0.5, 0.6) is 5.75 Å². The molecule has 1 amide bonds. The van der Waals surface area contributed by atoms with Crippen LogP contribution < -0.4 is 4.74 Å². The molecule has 1 aromatic rings. The Hall–Kier alpha value is -0.970. The maximum absolute atomic E-state index is 12.2. The third kappa shape index (κ3) is 4.02. The zero-order chi connectivity index (χ0) is 15.4. The van der Waals surface area contributed by atoms with Gasteiger partial charge in [0.2, 0.25) is 5.91 Å². The molecule has 116 valence electrons. The molecule has 1 aliphatic heterocycles. The average Bonchev–Trinajstić information content (AvgIpc) is 2.83. The van der Waals surface area contributed by atoms with Gasteiger partial charge in [-0.2, -0.15) is 0 Å². The third-order valence-corrected chi connectivity index (χ3v) is 4.60. The van der Waals surface area contributed by atoms with Crippen LogP contribution in [0.1, 0.15) is 19.8 Å². The predicted octanol–water partition coefficient (Wildman–Crippen LogP) is 2.99. The molecule has 2 unspecified atom stereocenters. The highest BCUT2D eigenvalue weighted by atomic mass is 35.5. The standard InChI is InChI=1S/C15H19Cl2NO3/c1-10-4-6-18(14(10)9-19)15(20)5-7-21-11-2-3-12(16)13(17)8-11/h2-3,8,10,14,19H,4-7,9H2,1H3. The molecule has 2 rings (SSSR count). The van der Waals surface area contributed by atoms with Crippen LogP contribution in [0.25, 0.3) is 0 Å². The van der Waals surface area contributed by atoms with Crippen LogP contribution in [0.2, 0.25) is 10.0 Å². The molecule has 0 saturated carbocycles. The fraction of sp³-hybridized carbons (Fsp3) is 0.533. The van der Waals surface area contributed by atoms with E-state index in [-0.39, 0.29) is 31.6 Å². The second-order valence-electron chi connectivity index (χ2n) is 5.28. The summed E-state index contributed by atoms with van der Waals surface area (Å²) >= 11 is 11.7. The summed E-state index contributed by atoms with van der Waals surface area (Å²) < 4.78 is 5.51. The van der Waals surface area contributed by atoms with Gasteiger partial charge in [0.1, 0.15) is 5.75 Å². The first-order chi connectivity index (χ1) is 10.0. The van der Waals surface area contributed by atoms with Crippen molar-refractivity contribution in [2.75, 3.05) is 19.8 Å². The number of amides is 1. The topological polar surface area (TPSA) is 49.8 Å². The molecule has 1 N–H and O–H groups in total. The monoisotopic (exact) mass is 331 g/mol. The summed E-state index contributed by atoms with van der Waals surface area (Å²) in [6, 6.07) is 4.93. The highest BCUT2D eigenvalue weighted by molar-refractivity contribution is 6.42. The SMILES string of the molecule is CC1CCN(C(=O)CCOc2ccc(Cl)c(Cl)c2)C1CO. The number of hydrogen-bond donors (Lipinski definition) is 1. The average molecular weight is 332 g/mol. The Bertz CT molecular complexity index is 510. The molecular weight excluding hydrogens is 313 g/mol. The highest BCUT2D eigenvalue weighted by Gasteiger charge is 2.33. The molecule has 1 saturated heterocycles. The van der Waals surface area contributed by atoms with E-state index in [4.69, 9.17) is 27.9 Å². The van der Waals surface area contributed by atoms with Crippen molar-refractivity contribution in [1.82, 2.24) is 4.90 Å². The number of hydrogen-bond acceptors (Lipinski definition) is 3. The second-order valence-corrected chi connectivity index (χ2v) is 6.09. The lowest BCUT2D eigenvalue weighted by Gasteiger charge is -2.25. The molecule has 2 atom stereocenters. The third-order valence-electron chi connectivity index (χ3n) is 3.87. The zero-order valence-corrected chi connectivity index (χ0v) is 13.4. The van der Waals surface area contributed by atoms with Gasteiger partial charge in [0, 0.05) is 12.6 Å². The minimum atomic E-state index is -0.0672. The molecule has 0 aliphatic carbocycles. The molecule has 21 heavy (non-hydrogen) atoms. The van der Waals surface area contributed by atoms with Crippen LogP contribution >= 0.6 is 23.2 Å². The van der Waals surface area contributed by atoms with E-state index >= 15 is 0 Å². The number of likely N-dealkylation sites (tertiary alicyclic amines) is 1. The molecular formula is C15H19Cl2NO3. The van der Waals surface area contributed by atoms with Crippen molar-refractivity contribution in [3.8, 4) is 5.75 Å². The minimum Gasteiger partial charge on any atom is -0.493 e. The Morgan fingerprint density at radius 2 is 2.19 bits per heavy atom. The van der Waals surface area contributed by atoms with Crippen LogP contribution in [0.15, 0.2) is 18.2 Å². The molecule has 1 heterocycles. The van der Waals surface area contributed by atoms with Crippen LogP contribution in [-0.4, -0.2) is 41.7 Å². The Morgan fingerprint density at radius 1 is 1.43 bits per heavy atom. The van der Waals surface area contributed by atoms with E-state index in [0.717, 1.165) is 6.42 Å². The maximum atomic E-state index is 12.2. The molecule has 0 bridgehead atoms. The highest BCUT2D eigenvalue weighted by Crippen LogP contribution is 2.27. The summed E-state index contributed by atoms with van der Waals surface area (Å²) in [5.74, 6) is 0.944. The molecule has 0 radical (unpaired) electrons. The fourth-order valence-corrected chi connectivity index (χ4v) is 2.85. The number of carbonyl (C=O) groups excluding carboxylic acids is 1. The largest absolute Gasteiger partial charge is 0.493 e. The van der Waals surface area contributed by atoms with Crippen molar-refractivity contribution < 1.29 is 14.6 Å². The summed E-state index contributed by atoms with van der Waals surface area (Å²) in [4.78, 5) is 13.9. The van der Waals surface area contributed by atoms with Crippen LogP contribution in [0, 0.1) is 5.92 Å². The van der Waals surface area contributed by atoms with Crippen molar-refractivity contribution in [2.24, 2.45) is 5.92 Å². The lowest BCUT2D eigenvalue weighted by Crippen LogP contribution is -2.40. The fourth-order valence-electron chi connectivity index (χ4n) is 2.56. The zero-order valence-electron chi connectivity index (χ0n) is 11.9. The second kappa shape index (κ2) is 7.34. The normalized spacial score (nSPS) is 21.6. The summed E-state index contributed by atoms with van der Waals surface area (Å²) in [7, 11) is 0. The maximum Gasteiger partial charge on any atom is 0.226 e. The summed E-state index contributed by atoms with van der Waals surface area (Å²) in [6.45, 7) is 3.05. The number of aliphatic hydroxyl groups excluding tert-OH is 1. The summed E-state index contributed by atoms with van der Waals surface area (Å²) in [6.07, 6.45) is 1.22. The number of ether oxygens (including phenoxy) is 1. The van der Waals surface area contributed by atoms with Crippen molar-refractivity contribution in [2.45, 2.75) is 25.8 Å². The quantitative estimate of drug-likeness (QED) is 0.902. The lowest BCUT2D eigenvalue weighted by molar-refractivity contribution is -0.133. The van der Waals surface area contributed by atoms with Crippen LogP contribution in [0.3, 0.4) is 0 Å². The van der Waals surface area contributed by atoms with Gasteiger partial charge >= 0.3 is 0 Å². The Morgan fingerprint density at radius 3 is 2.86 bits per heavy atom. The number of nitrogens with zero attached hydrogens (tertiary/aromatic N) is 1. The number of carbonyl (C=O) groups is 1. The van der Waals surface area contributed by atoms with E-state index in [0.29, 0.717) is 28.3 Å². The van der Waals surface area contributed by atoms with E-state index in [1.54, 1.807) is 23.1 Å². The summed E-state index contributed by atoms with van der Waals surface area (Å²) in [5.41, 5.74) is 0. The molecule has 1 aromatic carbocycles. The lowest BCUT2D eigenvalue weighted by atomic mass is 10.0. The Labute approximate surface area is 134 Å². The van der Waals surface area contributed by atoms with E-state index in [1.807, 2.05) is 0 Å². The van der Waals surface area contributed by atoms with Gasteiger partial charge in [-0.05, 0) is 24.5 Å². The number of halogens is 2. The van der Waals surface area contributed by atoms with Gasteiger partial charge in [0.25, 0.3) is 0 Å². The van der Waals surface area contributed by atoms with Gasteiger partial charge in [0.05, 0.1) is 35.7 Å². The number of benzene rings is 1. The van der Waals surface area contributed by atoms with Crippen molar-refractivity contribution in [3.05, 3.63) is 28.2 Å². The van der Waals surface area contributed by atoms with Crippen LogP contribution in [0.4, 0.5) is 0 Å². The minimum absolute atomic E-state index is 0.0125. The Kier molecular flexibility index (Phi) is 5.73. The number of aliphatic hydroxyl groups is 1. The van der Waals surface area contributed by atoms with Gasteiger partial charge in [-0.3, -0.25) is 4.79 Å². The predicted molar refractivity (Wildman–Crippen MR) is 82.9 cm³/mol. The number of rotatable bonds is 5. The molecule has 0 spiro atoms. The van der Waals surface area contributed by atoms with Gasteiger partial charge in [0.15, 0.2) is 0 Å².